The van der Waals surface area contributed by atoms with Crippen LogP contribution in [-0.2, 0) is 9.53 Å². The molecular formula is C20H19NO3. The fraction of sp³-hybridized carbons (Fsp3) is 0.200. The Morgan fingerprint density at radius 3 is 2.50 bits per heavy atom. The van der Waals surface area contributed by atoms with Crippen LogP contribution in [-0.4, -0.2) is 16.7 Å². The number of carbonyl (C=O) groups is 2. The van der Waals surface area contributed by atoms with Crippen LogP contribution in [0.4, 0.5) is 0 Å². The van der Waals surface area contributed by atoms with Crippen LogP contribution in [0.2, 0.25) is 0 Å². The Kier molecular flexibility index (Phi) is 4.75. The molecule has 1 N–H and O–H groups in total. The molecule has 24 heavy (non-hydrogen) atoms. The number of para-hydroxylation sites is 1. The number of H-pyrrole nitrogens is 1. The molecule has 0 saturated heterocycles. The van der Waals surface area contributed by atoms with E-state index in [2.05, 4.69) is 4.98 Å². The van der Waals surface area contributed by atoms with Crippen molar-refractivity contribution in [3.63, 3.8) is 0 Å². The molecule has 3 rings (SSSR count). The van der Waals surface area contributed by atoms with Crippen LogP contribution in [0.5, 0.6) is 0 Å². The van der Waals surface area contributed by atoms with Gasteiger partial charge < -0.3 is 9.72 Å². The van der Waals surface area contributed by atoms with Gasteiger partial charge in [0.05, 0.1) is 0 Å². The van der Waals surface area contributed by atoms with Gasteiger partial charge in [-0.05, 0) is 12.5 Å². The quantitative estimate of drug-likeness (QED) is 0.539. The van der Waals surface area contributed by atoms with E-state index in [1.54, 1.807) is 18.3 Å². The Balaban J connectivity index is 1.98. The maximum Gasteiger partial charge on any atom is 0.306 e. The van der Waals surface area contributed by atoms with E-state index >= 15 is 0 Å². The van der Waals surface area contributed by atoms with Crippen LogP contribution in [0.1, 0.15) is 41.8 Å². The first-order chi connectivity index (χ1) is 11.7. The van der Waals surface area contributed by atoms with Crippen molar-refractivity contribution in [2.24, 2.45) is 0 Å². The molecule has 1 atom stereocenters. The minimum absolute atomic E-state index is 0.219. The van der Waals surface area contributed by atoms with Crippen LogP contribution < -0.4 is 0 Å². The number of carbonyl (C=O) groups excluding carboxylic acids is 2. The third-order valence-corrected chi connectivity index (χ3v) is 3.90. The van der Waals surface area contributed by atoms with Gasteiger partial charge in [0.2, 0.25) is 5.78 Å². The Bertz CT molecular complexity index is 851. The fourth-order valence-corrected chi connectivity index (χ4v) is 2.71. The number of rotatable bonds is 6. The van der Waals surface area contributed by atoms with Crippen molar-refractivity contribution in [1.29, 1.82) is 0 Å². The highest BCUT2D eigenvalue weighted by atomic mass is 16.5. The van der Waals surface area contributed by atoms with E-state index in [9.17, 15) is 9.59 Å². The van der Waals surface area contributed by atoms with Gasteiger partial charge in [0.25, 0.3) is 0 Å². The summed E-state index contributed by atoms with van der Waals surface area (Å²) in [6.45, 7) is 1.90. The van der Waals surface area contributed by atoms with Crippen molar-refractivity contribution < 1.29 is 14.3 Å². The number of Topliss-reactive ketones (excluding diaryl/α,β-unsaturated/α-hetero) is 1. The standard InChI is InChI=1S/C20H19NO3/c1-2-8-18(22)24-20(14-9-4-3-5-10-14)19(23)16-13-21-17-12-7-6-11-15(16)17/h3-7,9-13,20-21H,2,8H2,1H3/t20-/m1/s1. The monoisotopic (exact) mass is 321 g/mol. The van der Waals surface area contributed by atoms with Crippen LogP contribution in [0.15, 0.2) is 60.8 Å². The summed E-state index contributed by atoms with van der Waals surface area (Å²) in [6, 6.07) is 16.7. The van der Waals surface area contributed by atoms with Gasteiger partial charge in [0, 0.05) is 34.6 Å². The third kappa shape index (κ3) is 3.23. The van der Waals surface area contributed by atoms with Crippen molar-refractivity contribution in [3.8, 4) is 0 Å². The highest BCUT2D eigenvalue weighted by Gasteiger charge is 2.27. The summed E-state index contributed by atoms with van der Waals surface area (Å²) in [6.07, 6.45) is 1.73. The summed E-state index contributed by atoms with van der Waals surface area (Å²) in [4.78, 5) is 28.1. The van der Waals surface area contributed by atoms with Gasteiger partial charge >= 0.3 is 5.97 Å². The Morgan fingerprint density at radius 2 is 1.75 bits per heavy atom. The second kappa shape index (κ2) is 7.13. The van der Waals surface area contributed by atoms with E-state index in [0.717, 1.165) is 10.9 Å². The van der Waals surface area contributed by atoms with Crippen LogP contribution in [0, 0.1) is 0 Å². The lowest BCUT2D eigenvalue weighted by Crippen LogP contribution is -2.20. The second-order valence-corrected chi connectivity index (χ2v) is 5.64. The topological polar surface area (TPSA) is 59.2 Å². The molecule has 3 aromatic rings. The molecule has 1 aromatic heterocycles. The average Bonchev–Trinajstić information content (AvgIpc) is 3.04. The number of fused-ring (bicyclic) bond motifs is 1. The van der Waals surface area contributed by atoms with Gasteiger partial charge in [-0.25, -0.2) is 0 Å². The molecule has 2 aromatic carbocycles. The van der Waals surface area contributed by atoms with Gasteiger partial charge in [-0.1, -0.05) is 55.5 Å². The number of hydrogen-bond donors (Lipinski definition) is 1. The van der Waals surface area contributed by atoms with E-state index in [-0.39, 0.29) is 11.8 Å². The van der Waals surface area contributed by atoms with Gasteiger partial charge in [-0.15, -0.1) is 0 Å². The number of aromatic nitrogens is 1. The SMILES string of the molecule is CCCC(=O)O[C@@H](C(=O)c1c[nH]c2ccccc12)c1ccccc1. The molecule has 4 nitrogen and oxygen atoms in total. The molecule has 0 aliphatic heterocycles. The highest BCUT2D eigenvalue weighted by molar-refractivity contribution is 6.10. The lowest BCUT2D eigenvalue weighted by molar-refractivity contribution is -0.147. The second-order valence-electron chi connectivity index (χ2n) is 5.64. The summed E-state index contributed by atoms with van der Waals surface area (Å²) in [5.74, 6) is -0.581. The molecule has 0 bridgehead atoms. The highest BCUT2D eigenvalue weighted by Crippen LogP contribution is 2.27. The smallest absolute Gasteiger partial charge is 0.306 e. The summed E-state index contributed by atoms with van der Waals surface area (Å²) in [5, 5.41) is 0.829. The molecule has 0 amide bonds. The van der Waals surface area contributed by atoms with E-state index in [1.807, 2.05) is 49.4 Å². The first-order valence-corrected chi connectivity index (χ1v) is 8.05. The summed E-state index contributed by atoms with van der Waals surface area (Å²) >= 11 is 0. The van der Waals surface area contributed by atoms with Crippen LogP contribution >= 0.6 is 0 Å². The van der Waals surface area contributed by atoms with Gasteiger partial charge in [0.1, 0.15) is 0 Å². The maximum atomic E-state index is 13.1. The molecule has 0 aliphatic rings. The average molecular weight is 321 g/mol. The van der Waals surface area contributed by atoms with E-state index in [1.165, 1.54) is 0 Å². The molecule has 1 heterocycles. The van der Waals surface area contributed by atoms with Crippen molar-refractivity contribution in [2.75, 3.05) is 0 Å². The first-order valence-electron chi connectivity index (χ1n) is 8.05. The Labute approximate surface area is 140 Å². The minimum atomic E-state index is -0.926. The van der Waals surface area contributed by atoms with E-state index in [0.29, 0.717) is 24.0 Å². The normalized spacial score (nSPS) is 12.0. The molecular weight excluding hydrogens is 302 g/mol. The fourth-order valence-electron chi connectivity index (χ4n) is 2.71. The van der Waals surface area contributed by atoms with Gasteiger partial charge in [-0.2, -0.15) is 0 Å². The molecule has 0 aliphatic carbocycles. The molecule has 122 valence electrons. The van der Waals surface area contributed by atoms with E-state index < -0.39 is 6.10 Å². The zero-order valence-corrected chi connectivity index (χ0v) is 13.5. The minimum Gasteiger partial charge on any atom is -0.449 e. The lowest BCUT2D eigenvalue weighted by Gasteiger charge is -2.17. The predicted octanol–water partition coefficient (Wildman–Crippen LogP) is 4.44. The first kappa shape index (κ1) is 16.0. The summed E-state index contributed by atoms with van der Waals surface area (Å²) in [7, 11) is 0. The summed E-state index contributed by atoms with van der Waals surface area (Å²) < 4.78 is 5.51. The molecule has 0 radical (unpaired) electrons. The maximum absolute atomic E-state index is 13.1. The van der Waals surface area contributed by atoms with Gasteiger partial charge in [-0.3, -0.25) is 9.59 Å². The van der Waals surface area contributed by atoms with Crippen LogP contribution in [0.25, 0.3) is 10.9 Å². The zero-order valence-electron chi connectivity index (χ0n) is 13.5. The third-order valence-electron chi connectivity index (χ3n) is 3.90. The van der Waals surface area contributed by atoms with Crippen molar-refractivity contribution in [2.45, 2.75) is 25.9 Å². The Morgan fingerprint density at radius 1 is 1.04 bits per heavy atom. The van der Waals surface area contributed by atoms with Crippen molar-refractivity contribution in [3.05, 3.63) is 71.9 Å². The largest absolute Gasteiger partial charge is 0.449 e. The molecule has 0 spiro atoms. The van der Waals surface area contributed by atoms with Gasteiger partial charge in [0.15, 0.2) is 6.10 Å². The number of esters is 1. The lowest BCUT2D eigenvalue weighted by atomic mass is 9.99. The number of ketones is 1. The van der Waals surface area contributed by atoms with Crippen molar-refractivity contribution in [1.82, 2.24) is 4.98 Å². The molecule has 0 fully saturated rings. The van der Waals surface area contributed by atoms with E-state index in [4.69, 9.17) is 4.74 Å². The number of ether oxygens (including phenoxy) is 1. The number of hydrogen-bond acceptors (Lipinski definition) is 3. The van der Waals surface area contributed by atoms with Crippen molar-refractivity contribution >= 4 is 22.7 Å². The molecule has 4 heteroatoms. The summed E-state index contributed by atoms with van der Waals surface area (Å²) in [5.41, 5.74) is 2.09. The Hall–Kier alpha value is -2.88. The number of nitrogens with one attached hydrogen (secondary N) is 1. The molecule has 0 saturated carbocycles. The predicted molar refractivity (Wildman–Crippen MR) is 92.8 cm³/mol. The number of benzene rings is 2. The van der Waals surface area contributed by atoms with Crippen LogP contribution in [0.3, 0.4) is 0 Å². The number of aromatic amines is 1. The molecule has 0 unspecified atom stereocenters. The zero-order chi connectivity index (χ0) is 16.9.